The molecule has 0 atom stereocenters. The van der Waals surface area contributed by atoms with Crippen molar-refractivity contribution >= 4 is 34.9 Å². The number of nitrogens with one attached hydrogen (secondary N) is 2. The molecule has 0 aliphatic carbocycles. The van der Waals surface area contributed by atoms with E-state index in [0.29, 0.717) is 17.9 Å². The van der Waals surface area contributed by atoms with Crippen LogP contribution in [-0.4, -0.2) is 52.2 Å². The number of ether oxygens (including phenoxy) is 1. The fourth-order valence-corrected chi connectivity index (χ4v) is 2.51. The number of hydrogen-bond acceptors (Lipinski definition) is 7. The largest absolute Gasteiger partial charge is 0.474 e. The normalized spacial score (nSPS) is 14.2. The van der Waals surface area contributed by atoms with E-state index in [0.717, 1.165) is 0 Å². The number of methoxy groups -OCH3 is 1. The first-order valence-corrected chi connectivity index (χ1v) is 7.97. The van der Waals surface area contributed by atoms with Crippen LogP contribution in [0, 0.1) is 5.82 Å². The van der Waals surface area contributed by atoms with E-state index in [-0.39, 0.29) is 24.0 Å². The van der Waals surface area contributed by atoms with Crippen LogP contribution in [0.25, 0.3) is 5.69 Å². The van der Waals surface area contributed by atoms with Gasteiger partial charge >= 0.3 is 0 Å². The lowest BCUT2D eigenvalue weighted by Crippen LogP contribution is -2.51. The number of benzene rings is 1. The molecule has 1 aliphatic rings. The van der Waals surface area contributed by atoms with E-state index in [2.05, 4.69) is 20.9 Å². The topological polar surface area (TPSA) is 101 Å². The highest BCUT2D eigenvalue weighted by Crippen LogP contribution is 2.22. The Kier molecular flexibility index (Phi) is 5.07. The Morgan fingerprint density at radius 2 is 2.12 bits per heavy atom. The van der Waals surface area contributed by atoms with Gasteiger partial charge in [-0.1, -0.05) is 5.21 Å². The minimum atomic E-state index is -0.569. The summed E-state index contributed by atoms with van der Waals surface area (Å²) < 4.78 is 20.7. The molecular formula is C15H15FN6O3S. The number of anilines is 1. The van der Waals surface area contributed by atoms with Crippen molar-refractivity contribution < 1.29 is 18.7 Å². The van der Waals surface area contributed by atoms with E-state index in [1.807, 2.05) is 0 Å². The molecule has 26 heavy (non-hydrogen) atoms. The number of nitrogens with zero attached hydrogens (tertiary/aromatic N) is 4. The van der Waals surface area contributed by atoms with Gasteiger partial charge in [0.1, 0.15) is 11.5 Å². The summed E-state index contributed by atoms with van der Waals surface area (Å²) in [5, 5.41) is 13.1. The van der Waals surface area contributed by atoms with Crippen molar-refractivity contribution in [2.45, 2.75) is 6.54 Å². The summed E-state index contributed by atoms with van der Waals surface area (Å²) in [6.07, 6.45) is 1.62. The van der Waals surface area contributed by atoms with Crippen LogP contribution in [0.4, 0.5) is 10.1 Å². The van der Waals surface area contributed by atoms with Gasteiger partial charge in [-0.3, -0.25) is 14.9 Å². The maximum absolute atomic E-state index is 14.5. The monoisotopic (exact) mass is 378 g/mol. The van der Waals surface area contributed by atoms with Crippen molar-refractivity contribution in [3.63, 3.8) is 0 Å². The number of carbonyl (C=O) groups is 2. The quantitative estimate of drug-likeness (QED) is 0.561. The molecule has 11 heteroatoms. The Balaban J connectivity index is 1.75. The molecule has 1 aromatic heterocycles. The second-order valence-electron chi connectivity index (χ2n) is 5.46. The Labute approximate surface area is 153 Å². The zero-order valence-corrected chi connectivity index (χ0v) is 14.5. The molecular weight excluding hydrogens is 363 g/mol. The first-order chi connectivity index (χ1) is 12.5. The van der Waals surface area contributed by atoms with Gasteiger partial charge in [0, 0.05) is 6.07 Å². The highest BCUT2D eigenvalue weighted by atomic mass is 32.1. The molecule has 0 spiro atoms. The number of imide groups is 1. The fraction of sp³-hybridized carbons (Fsp3) is 0.267. The fourth-order valence-electron chi connectivity index (χ4n) is 2.44. The van der Waals surface area contributed by atoms with E-state index in [1.165, 1.54) is 28.8 Å². The van der Waals surface area contributed by atoms with Crippen molar-refractivity contribution in [3.05, 3.63) is 35.9 Å². The number of thiocarbonyl (C=S) groups is 1. The molecule has 0 bridgehead atoms. The molecule has 9 nitrogen and oxygen atoms in total. The van der Waals surface area contributed by atoms with Gasteiger partial charge < -0.3 is 15.0 Å². The standard InChI is InChI=1S/C15H15FN6O3S/c1-25-15(26)17-5-9-6-22(20-19-9)10-2-3-12(11(16)4-10)21-7-13(23)18-14(24)8-21/h2-4,6H,5,7-8H2,1H3,(H,17,26)(H,18,23,24). The smallest absolute Gasteiger partial charge is 0.256 e. The van der Waals surface area contributed by atoms with Gasteiger partial charge in [-0.05, 0) is 24.4 Å². The summed E-state index contributed by atoms with van der Waals surface area (Å²) in [5.41, 5.74) is 1.21. The summed E-state index contributed by atoms with van der Waals surface area (Å²) in [5.74, 6) is -1.50. The van der Waals surface area contributed by atoms with E-state index in [9.17, 15) is 14.0 Å². The average molecular weight is 378 g/mol. The minimum absolute atomic E-state index is 0.0828. The maximum atomic E-state index is 14.5. The third kappa shape index (κ3) is 3.94. The van der Waals surface area contributed by atoms with Gasteiger partial charge in [0.15, 0.2) is 0 Å². The lowest BCUT2D eigenvalue weighted by Gasteiger charge is -2.27. The molecule has 1 aliphatic heterocycles. The highest BCUT2D eigenvalue weighted by molar-refractivity contribution is 7.80. The van der Waals surface area contributed by atoms with Gasteiger partial charge in [0.2, 0.25) is 11.8 Å². The van der Waals surface area contributed by atoms with Crippen molar-refractivity contribution in [2.24, 2.45) is 0 Å². The molecule has 2 N–H and O–H groups in total. The van der Waals surface area contributed by atoms with Crippen molar-refractivity contribution in [3.8, 4) is 5.69 Å². The zero-order valence-electron chi connectivity index (χ0n) is 13.7. The molecule has 2 heterocycles. The SMILES string of the molecule is COC(=S)NCc1cn(-c2ccc(N3CC(=O)NC(=O)C3)c(F)c2)nn1. The Morgan fingerprint density at radius 3 is 2.77 bits per heavy atom. The lowest BCUT2D eigenvalue weighted by molar-refractivity contribution is -0.130. The number of rotatable bonds is 4. The third-order valence-electron chi connectivity index (χ3n) is 3.62. The van der Waals surface area contributed by atoms with Gasteiger partial charge in [-0.25, -0.2) is 9.07 Å². The van der Waals surface area contributed by atoms with Crippen LogP contribution in [0.5, 0.6) is 0 Å². The average Bonchev–Trinajstić information content (AvgIpc) is 3.07. The van der Waals surface area contributed by atoms with Crippen LogP contribution >= 0.6 is 12.2 Å². The van der Waals surface area contributed by atoms with E-state index in [1.54, 1.807) is 12.3 Å². The second kappa shape index (κ2) is 7.44. The van der Waals surface area contributed by atoms with Crippen LogP contribution in [0.1, 0.15) is 5.69 Å². The molecule has 2 amide bonds. The molecule has 136 valence electrons. The van der Waals surface area contributed by atoms with Gasteiger partial charge in [0.05, 0.1) is 44.3 Å². The summed E-state index contributed by atoms with van der Waals surface area (Å²) in [6, 6.07) is 4.38. The number of aromatic nitrogens is 3. The summed E-state index contributed by atoms with van der Waals surface area (Å²) in [7, 11) is 1.45. The molecule has 1 fully saturated rings. The molecule has 0 unspecified atom stereocenters. The third-order valence-corrected chi connectivity index (χ3v) is 3.94. The number of halogens is 1. The van der Waals surface area contributed by atoms with E-state index < -0.39 is 17.6 Å². The molecule has 0 radical (unpaired) electrons. The van der Waals surface area contributed by atoms with Crippen molar-refractivity contribution in [1.29, 1.82) is 0 Å². The summed E-state index contributed by atoms with van der Waals surface area (Å²) in [6.45, 7) is 0.152. The van der Waals surface area contributed by atoms with Gasteiger partial charge in [-0.15, -0.1) is 5.10 Å². The van der Waals surface area contributed by atoms with Crippen LogP contribution < -0.4 is 15.5 Å². The maximum Gasteiger partial charge on any atom is 0.256 e. The van der Waals surface area contributed by atoms with Gasteiger partial charge in [0.25, 0.3) is 5.17 Å². The van der Waals surface area contributed by atoms with Crippen LogP contribution in [0.2, 0.25) is 0 Å². The first kappa shape index (κ1) is 17.7. The van der Waals surface area contributed by atoms with E-state index in [4.69, 9.17) is 17.0 Å². The molecule has 1 saturated heterocycles. The molecule has 0 saturated carbocycles. The second-order valence-corrected chi connectivity index (χ2v) is 5.83. The predicted octanol–water partition coefficient (Wildman–Crippen LogP) is -0.110. The van der Waals surface area contributed by atoms with E-state index >= 15 is 0 Å². The number of hydrogen-bond donors (Lipinski definition) is 2. The minimum Gasteiger partial charge on any atom is -0.474 e. The Hall–Kier alpha value is -3.08. The van der Waals surface area contributed by atoms with Crippen molar-refractivity contribution in [1.82, 2.24) is 25.6 Å². The summed E-state index contributed by atoms with van der Waals surface area (Å²) >= 11 is 4.87. The van der Waals surface area contributed by atoms with Crippen LogP contribution in [-0.2, 0) is 20.9 Å². The zero-order chi connectivity index (χ0) is 18.7. The van der Waals surface area contributed by atoms with Crippen molar-refractivity contribution in [2.75, 3.05) is 25.1 Å². The first-order valence-electron chi connectivity index (χ1n) is 7.57. The lowest BCUT2D eigenvalue weighted by atomic mass is 10.2. The number of carbonyl (C=O) groups excluding carboxylic acids is 2. The Bertz CT molecular complexity index is 855. The summed E-state index contributed by atoms with van der Waals surface area (Å²) in [4.78, 5) is 24.3. The number of amides is 2. The van der Waals surface area contributed by atoms with Crippen LogP contribution in [0.3, 0.4) is 0 Å². The highest BCUT2D eigenvalue weighted by Gasteiger charge is 2.24. The van der Waals surface area contributed by atoms with Crippen LogP contribution in [0.15, 0.2) is 24.4 Å². The molecule has 1 aromatic carbocycles. The van der Waals surface area contributed by atoms with Gasteiger partial charge in [-0.2, -0.15) is 0 Å². The Morgan fingerprint density at radius 1 is 1.38 bits per heavy atom. The number of piperazine rings is 1. The molecule has 2 aromatic rings. The predicted molar refractivity (Wildman–Crippen MR) is 93.1 cm³/mol. The molecule has 3 rings (SSSR count).